The Kier molecular flexibility index (Phi) is 5.09. The van der Waals surface area contributed by atoms with Gasteiger partial charge in [0.05, 0.1) is 4.90 Å². The van der Waals surface area contributed by atoms with Gasteiger partial charge >= 0.3 is 0 Å². The second-order valence-corrected chi connectivity index (χ2v) is 7.79. The molecule has 1 N–H and O–H groups in total. The minimum absolute atomic E-state index is 0.117. The molecule has 23 heavy (non-hydrogen) atoms. The highest BCUT2D eigenvalue weighted by Crippen LogP contribution is 2.21. The van der Waals surface area contributed by atoms with Crippen LogP contribution < -0.4 is 5.32 Å². The Balaban J connectivity index is 2.33. The van der Waals surface area contributed by atoms with Crippen molar-refractivity contribution in [1.29, 1.82) is 0 Å². The molecule has 2 aromatic rings. The predicted octanol–water partition coefficient (Wildman–Crippen LogP) is 3.15. The molecule has 122 valence electrons. The van der Waals surface area contributed by atoms with Gasteiger partial charge in [0, 0.05) is 30.4 Å². The molecule has 0 aromatic heterocycles. The molecule has 2 rings (SSSR count). The van der Waals surface area contributed by atoms with Gasteiger partial charge in [0.2, 0.25) is 10.0 Å². The summed E-state index contributed by atoms with van der Waals surface area (Å²) in [5.41, 5.74) is 1.43. The number of benzene rings is 2. The topological polar surface area (TPSA) is 66.5 Å². The van der Waals surface area contributed by atoms with Crippen LogP contribution in [0.5, 0.6) is 0 Å². The Morgan fingerprint density at radius 2 is 1.70 bits per heavy atom. The highest BCUT2D eigenvalue weighted by molar-refractivity contribution is 7.89. The number of rotatable bonds is 4. The monoisotopic (exact) mass is 352 g/mol. The van der Waals surface area contributed by atoms with Gasteiger partial charge in [0.15, 0.2) is 0 Å². The normalized spacial score (nSPS) is 11.5. The minimum Gasteiger partial charge on any atom is -0.322 e. The number of halogens is 1. The van der Waals surface area contributed by atoms with Gasteiger partial charge < -0.3 is 5.32 Å². The summed E-state index contributed by atoms with van der Waals surface area (Å²) in [6.45, 7) is 1.69. The number of nitrogens with one attached hydrogen (secondary N) is 1. The maximum atomic E-state index is 12.3. The molecule has 0 saturated carbocycles. The van der Waals surface area contributed by atoms with E-state index < -0.39 is 10.0 Å². The molecule has 0 aliphatic heterocycles. The Bertz CT molecular complexity index is 831. The summed E-state index contributed by atoms with van der Waals surface area (Å²) in [4.78, 5) is 12.4. The van der Waals surface area contributed by atoms with Gasteiger partial charge in [-0.1, -0.05) is 17.7 Å². The van der Waals surface area contributed by atoms with Crippen LogP contribution in [0, 0.1) is 6.92 Å². The molecule has 0 spiro atoms. The summed E-state index contributed by atoms with van der Waals surface area (Å²) < 4.78 is 25.7. The van der Waals surface area contributed by atoms with E-state index in [-0.39, 0.29) is 16.4 Å². The number of sulfonamides is 1. The minimum atomic E-state index is -3.61. The summed E-state index contributed by atoms with van der Waals surface area (Å²) in [7, 11) is -0.699. The Morgan fingerprint density at radius 1 is 1.09 bits per heavy atom. The lowest BCUT2D eigenvalue weighted by Crippen LogP contribution is -2.23. The fourth-order valence-corrected chi connectivity index (χ4v) is 3.22. The summed E-state index contributed by atoms with van der Waals surface area (Å²) >= 11 is 5.80. The molecule has 0 bridgehead atoms. The SMILES string of the molecule is Cc1ccc(C(=O)Nc2ccc(Cl)cc2)cc1S(=O)(=O)N(C)C. The van der Waals surface area contributed by atoms with E-state index in [4.69, 9.17) is 11.6 Å². The first-order valence-electron chi connectivity index (χ1n) is 6.82. The van der Waals surface area contributed by atoms with Crippen LogP contribution in [0.1, 0.15) is 15.9 Å². The average Bonchev–Trinajstić information content (AvgIpc) is 2.49. The lowest BCUT2D eigenvalue weighted by molar-refractivity contribution is 0.102. The maximum absolute atomic E-state index is 12.3. The number of anilines is 1. The van der Waals surface area contributed by atoms with E-state index in [0.29, 0.717) is 16.3 Å². The van der Waals surface area contributed by atoms with Gasteiger partial charge in [0.1, 0.15) is 0 Å². The van der Waals surface area contributed by atoms with Crippen LogP contribution in [0.4, 0.5) is 5.69 Å². The second kappa shape index (κ2) is 6.70. The zero-order valence-corrected chi connectivity index (χ0v) is 14.6. The molecule has 1 amide bonds. The number of hydrogen-bond donors (Lipinski definition) is 1. The van der Waals surface area contributed by atoms with Crippen molar-refractivity contribution in [2.24, 2.45) is 0 Å². The van der Waals surface area contributed by atoms with E-state index in [1.165, 1.54) is 20.2 Å². The van der Waals surface area contributed by atoms with Crippen LogP contribution in [0.25, 0.3) is 0 Å². The van der Waals surface area contributed by atoms with Crippen molar-refractivity contribution in [2.45, 2.75) is 11.8 Å². The fourth-order valence-electron chi connectivity index (χ4n) is 1.95. The molecule has 0 atom stereocenters. The zero-order chi connectivity index (χ0) is 17.2. The summed E-state index contributed by atoms with van der Waals surface area (Å²) in [6.07, 6.45) is 0. The summed E-state index contributed by atoms with van der Waals surface area (Å²) in [5, 5.41) is 3.27. The van der Waals surface area contributed by atoms with Crippen LogP contribution in [0.3, 0.4) is 0 Å². The first-order chi connectivity index (χ1) is 10.7. The fraction of sp³-hybridized carbons (Fsp3) is 0.188. The number of nitrogens with zero attached hydrogens (tertiary/aromatic N) is 1. The van der Waals surface area contributed by atoms with Crippen LogP contribution >= 0.6 is 11.6 Å². The lowest BCUT2D eigenvalue weighted by Gasteiger charge is -2.14. The number of aryl methyl sites for hydroxylation is 1. The molecule has 5 nitrogen and oxygen atoms in total. The zero-order valence-electron chi connectivity index (χ0n) is 13.0. The van der Waals surface area contributed by atoms with Crippen molar-refractivity contribution < 1.29 is 13.2 Å². The average molecular weight is 353 g/mol. The van der Waals surface area contributed by atoms with Crippen molar-refractivity contribution in [3.63, 3.8) is 0 Å². The van der Waals surface area contributed by atoms with Gasteiger partial charge in [0.25, 0.3) is 5.91 Å². The Hall–Kier alpha value is -1.89. The van der Waals surface area contributed by atoms with Gasteiger partial charge in [-0.3, -0.25) is 4.79 Å². The molecule has 0 radical (unpaired) electrons. The smallest absolute Gasteiger partial charge is 0.255 e. The first kappa shape index (κ1) is 17.5. The summed E-state index contributed by atoms with van der Waals surface area (Å²) in [6, 6.07) is 11.3. The van der Waals surface area contributed by atoms with Crippen LogP contribution in [0.2, 0.25) is 5.02 Å². The molecule has 0 fully saturated rings. The predicted molar refractivity (Wildman–Crippen MR) is 91.5 cm³/mol. The van der Waals surface area contributed by atoms with E-state index in [0.717, 1.165) is 4.31 Å². The van der Waals surface area contributed by atoms with Gasteiger partial charge in [-0.25, -0.2) is 12.7 Å². The van der Waals surface area contributed by atoms with Crippen LogP contribution in [-0.2, 0) is 10.0 Å². The number of hydrogen-bond acceptors (Lipinski definition) is 3. The first-order valence-corrected chi connectivity index (χ1v) is 8.63. The Labute approximate surface area is 140 Å². The maximum Gasteiger partial charge on any atom is 0.255 e. The van der Waals surface area contributed by atoms with Crippen molar-refractivity contribution >= 4 is 33.2 Å². The van der Waals surface area contributed by atoms with Crippen molar-refractivity contribution in [1.82, 2.24) is 4.31 Å². The molecule has 0 saturated heterocycles. The number of amides is 1. The Morgan fingerprint density at radius 3 is 2.26 bits per heavy atom. The van der Waals surface area contributed by atoms with Gasteiger partial charge in [-0.2, -0.15) is 0 Å². The van der Waals surface area contributed by atoms with E-state index in [1.807, 2.05) is 0 Å². The highest BCUT2D eigenvalue weighted by Gasteiger charge is 2.21. The third-order valence-electron chi connectivity index (χ3n) is 3.31. The standard InChI is InChI=1S/C16H17ClN2O3S/c1-11-4-5-12(10-15(11)23(21,22)19(2)3)16(20)18-14-8-6-13(17)7-9-14/h4-10H,1-3H3,(H,18,20). The van der Waals surface area contributed by atoms with Gasteiger partial charge in [-0.05, 0) is 48.9 Å². The largest absolute Gasteiger partial charge is 0.322 e. The number of carbonyl (C=O) groups excluding carboxylic acids is 1. The van der Waals surface area contributed by atoms with Crippen molar-refractivity contribution in [2.75, 3.05) is 19.4 Å². The molecule has 0 heterocycles. The third kappa shape index (κ3) is 3.90. The van der Waals surface area contributed by atoms with Gasteiger partial charge in [-0.15, -0.1) is 0 Å². The third-order valence-corrected chi connectivity index (χ3v) is 5.52. The molecular formula is C16H17ClN2O3S. The molecule has 0 aliphatic rings. The van der Waals surface area contributed by atoms with Crippen LogP contribution in [0.15, 0.2) is 47.4 Å². The molecular weight excluding hydrogens is 336 g/mol. The van der Waals surface area contributed by atoms with E-state index in [9.17, 15) is 13.2 Å². The van der Waals surface area contributed by atoms with Crippen molar-refractivity contribution in [3.05, 3.63) is 58.6 Å². The van der Waals surface area contributed by atoms with E-state index in [2.05, 4.69) is 5.32 Å². The van der Waals surface area contributed by atoms with E-state index in [1.54, 1.807) is 43.3 Å². The van der Waals surface area contributed by atoms with Crippen LogP contribution in [-0.4, -0.2) is 32.7 Å². The molecule has 0 aliphatic carbocycles. The lowest BCUT2D eigenvalue weighted by atomic mass is 10.1. The summed E-state index contributed by atoms with van der Waals surface area (Å²) in [5.74, 6) is -0.387. The quantitative estimate of drug-likeness (QED) is 0.919. The molecule has 7 heteroatoms. The highest BCUT2D eigenvalue weighted by atomic mass is 35.5. The number of carbonyl (C=O) groups is 1. The van der Waals surface area contributed by atoms with Crippen molar-refractivity contribution in [3.8, 4) is 0 Å². The second-order valence-electron chi connectivity index (χ2n) is 5.23. The molecule has 2 aromatic carbocycles. The van der Waals surface area contributed by atoms with E-state index >= 15 is 0 Å². The molecule has 0 unspecified atom stereocenters.